The van der Waals surface area contributed by atoms with Crippen molar-refractivity contribution in [3.05, 3.63) is 54.5 Å². The third kappa shape index (κ3) is 4.62. The molecule has 4 aromatic rings. The van der Waals surface area contributed by atoms with E-state index < -0.39 is 9.84 Å². The number of imidazole rings is 1. The van der Waals surface area contributed by atoms with Gasteiger partial charge in [0.1, 0.15) is 15.4 Å². The predicted octanol–water partition coefficient (Wildman–Crippen LogP) is 2.47. The molecule has 1 aliphatic heterocycles. The Kier molecular flexibility index (Phi) is 5.63. The first-order valence-electron chi connectivity index (χ1n) is 10.9. The van der Waals surface area contributed by atoms with Crippen molar-refractivity contribution in [2.24, 2.45) is 0 Å². The van der Waals surface area contributed by atoms with Crippen LogP contribution in [0, 0.1) is 6.92 Å². The minimum Gasteiger partial charge on any atom is -0.378 e. The van der Waals surface area contributed by atoms with Crippen molar-refractivity contribution in [2.75, 3.05) is 43.2 Å². The molecule has 0 unspecified atom stereocenters. The van der Waals surface area contributed by atoms with Gasteiger partial charge in [0.2, 0.25) is 0 Å². The highest BCUT2D eigenvalue weighted by Gasteiger charge is 2.20. The van der Waals surface area contributed by atoms with Crippen molar-refractivity contribution < 1.29 is 13.2 Å². The van der Waals surface area contributed by atoms with Crippen LogP contribution < -0.4 is 4.90 Å². The number of hydrogen-bond donors (Lipinski definition) is 0. The number of morpholine rings is 1. The van der Waals surface area contributed by atoms with E-state index in [2.05, 4.69) is 28.9 Å². The molecule has 0 spiro atoms. The summed E-state index contributed by atoms with van der Waals surface area (Å²) in [5.41, 5.74) is 5.42. The summed E-state index contributed by atoms with van der Waals surface area (Å²) in [5, 5.41) is 4.77. The number of rotatable bonds is 6. The lowest BCUT2D eigenvalue weighted by atomic mass is 10.1. The summed E-state index contributed by atoms with van der Waals surface area (Å²) in [6.45, 7) is 5.15. The van der Waals surface area contributed by atoms with E-state index >= 15 is 0 Å². The highest BCUT2D eigenvalue weighted by atomic mass is 32.2. The second-order valence-corrected chi connectivity index (χ2v) is 10.6. The molecular weight excluding hydrogens is 440 g/mol. The molecule has 0 aliphatic carbocycles. The van der Waals surface area contributed by atoms with Crippen LogP contribution in [0.5, 0.6) is 0 Å². The van der Waals surface area contributed by atoms with Gasteiger partial charge in [-0.05, 0) is 19.1 Å². The average molecular weight is 467 g/mol. The maximum absolute atomic E-state index is 11.7. The van der Waals surface area contributed by atoms with Crippen LogP contribution in [0.15, 0.2) is 48.9 Å². The molecule has 3 aromatic heterocycles. The molecule has 9 nitrogen and oxygen atoms in total. The first-order chi connectivity index (χ1) is 15.9. The largest absolute Gasteiger partial charge is 0.378 e. The second kappa shape index (κ2) is 8.60. The monoisotopic (exact) mass is 466 g/mol. The molecule has 4 heterocycles. The number of anilines is 1. The Hall–Kier alpha value is -3.24. The van der Waals surface area contributed by atoms with Gasteiger partial charge in [-0.1, -0.05) is 23.8 Å². The summed E-state index contributed by atoms with van der Waals surface area (Å²) in [7, 11) is -3.11. The third-order valence-corrected chi connectivity index (χ3v) is 6.66. The first kappa shape index (κ1) is 21.6. The van der Waals surface area contributed by atoms with Gasteiger partial charge >= 0.3 is 0 Å². The number of fused-ring (bicyclic) bond motifs is 1. The number of hydrogen-bond acceptors (Lipinski definition) is 7. The molecule has 0 radical (unpaired) electrons. The highest BCUT2D eigenvalue weighted by molar-refractivity contribution is 7.90. The van der Waals surface area contributed by atoms with Crippen LogP contribution in [0.1, 0.15) is 5.56 Å². The highest BCUT2D eigenvalue weighted by Crippen LogP contribution is 2.28. The Morgan fingerprint density at radius 1 is 1.12 bits per heavy atom. The summed E-state index contributed by atoms with van der Waals surface area (Å²) >= 11 is 0. The molecule has 0 bridgehead atoms. The standard InChI is InChI=1S/C23H26N6O3S/c1-17-4-3-5-18(14-17)19-6-7-29(26-19)21-15-20(27-8-11-32-12-9-27)22-23(25-21)28(16-24-22)10-13-33(2,30)31/h3-7,14-16H,8-13H2,1-2H3. The van der Waals surface area contributed by atoms with Crippen LogP contribution in [0.25, 0.3) is 28.2 Å². The van der Waals surface area contributed by atoms with Gasteiger partial charge in [0.15, 0.2) is 11.5 Å². The topological polar surface area (TPSA) is 95.1 Å². The number of ether oxygens (including phenoxy) is 1. The maximum Gasteiger partial charge on any atom is 0.164 e. The van der Waals surface area contributed by atoms with Gasteiger partial charge in [-0.15, -0.1) is 0 Å². The van der Waals surface area contributed by atoms with E-state index in [0.717, 1.165) is 35.6 Å². The van der Waals surface area contributed by atoms with Gasteiger partial charge in [0, 0.05) is 43.7 Å². The number of nitrogens with zero attached hydrogens (tertiary/aromatic N) is 6. The SMILES string of the molecule is Cc1cccc(-c2ccn(-c3cc(N4CCOCC4)c4ncn(CCS(C)(=O)=O)c4n3)n2)c1. The van der Waals surface area contributed by atoms with Gasteiger partial charge in [-0.25, -0.2) is 23.1 Å². The van der Waals surface area contributed by atoms with E-state index in [9.17, 15) is 8.42 Å². The number of sulfone groups is 1. The summed E-state index contributed by atoms with van der Waals surface area (Å²) in [6, 6.07) is 12.2. The molecule has 0 atom stereocenters. The number of pyridine rings is 1. The fourth-order valence-electron chi connectivity index (χ4n) is 4.01. The van der Waals surface area contributed by atoms with Crippen LogP contribution in [0.3, 0.4) is 0 Å². The van der Waals surface area contributed by atoms with Crippen molar-refractivity contribution in [2.45, 2.75) is 13.5 Å². The lowest BCUT2D eigenvalue weighted by Gasteiger charge is -2.29. The van der Waals surface area contributed by atoms with E-state index in [4.69, 9.17) is 14.8 Å². The van der Waals surface area contributed by atoms with E-state index in [0.29, 0.717) is 31.2 Å². The molecule has 1 aliphatic rings. The smallest absolute Gasteiger partial charge is 0.164 e. The number of aromatic nitrogens is 5. The molecule has 172 valence electrons. The second-order valence-electron chi connectivity index (χ2n) is 8.35. The van der Waals surface area contributed by atoms with E-state index in [1.807, 2.05) is 30.5 Å². The molecule has 1 aromatic carbocycles. The van der Waals surface area contributed by atoms with Gasteiger partial charge in [0.25, 0.3) is 0 Å². The Bertz CT molecular complexity index is 1400. The van der Waals surface area contributed by atoms with Gasteiger partial charge in [0.05, 0.1) is 36.7 Å². The van der Waals surface area contributed by atoms with Gasteiger partial charge in [-0.2, -0.15) is 5.10 Å². The first-order valence-corrected chi connectivity index (χ1v) is 12.9. The molecule has 1 fully saturated rings. The molecule has 5 rings (SSSR count). The maximum atomic E-state index is 11.7. The fraction of sp³-hybridized carbons (Fsp3) is 0.348. The molecule has 0 saturated carbocycles. The molecule has 0 N–H and O–H groups in total. The van der Waals surface area contributed by atoms with Crippen molar-refractivity contribution in [1.82, 2.24) is 24.3 Å². The zero-order chi connectivity index (χ0) is 23.0. The number of aryl methyl sites for hydroxylation is 2. The third-order valence-electron chi connectivity index (χ3n) is 5.73. The Morgan fingerprint density at radius 3 is 2.70 bits per heavy atom. The molecule has 10 heteroatoms. The van der Waals surface area contributed by atoms with Gasteiger partial charge in [-0.3, -0.25) is 0 Å². The van der Waals surface area contributed by atoms with Crippen molar-refractivity contribution in [3.8, 4) is 17.1 Å². The van der Waals surface area contributed by atoms with E-state index in [1.54, 1.807) is 15.6 Å². The lowest BCUT2D eigenvalue weighted by Crippen LogP contribution is -2.36. The molecular formula is C23H26N6O3S. The van der Waals surface area contributed by atoms with Crippen molar-refractivity contribution >= 4 is 26.7 Å². The Morgan fingerprint density at radius 2 is 1.94 bits per heavy atom. The minimum absolute atomic E-state index is 0.0243. The van der Waals surface area contributed by atoms with Crippen LogP contribution in [-0.2, 0) is 21.1 Å². The average Bonchev–Trinajstić information content (AvgIpc) is 3.45. The Balaban J connectivity index is 1.59. The zero-order valence-corrected chi connectivity index (χ0v) is 19.5. The summed E-state index contributed by atoms with van der Waals surface area (Å²) in [5.74, 6) is 0.681. The normalized spacial score (nSPS) is 14.8. The van der Waals surface area contributed by atoms with Crippen LogP contribution in [0.2, 0.25) is 0 Å². The van der Waals surface area contributed by atoms with E-state index in [-0.39, 0.29) is 5.75 Å². The Labute approximate surface area is 192 Å². The van der Waals surface area contributed by atoms with Gasteiger partial charge < -0.3 is 14.2 Å². The summed E-state index contributed by atoms with van der Waals surface area (Å²) in [4.78, 5) is 11.7. The van der Waals surface area contributed by atoms with Crippen LogP contribution in [0.4, 0.5) is 5.69 Å². The summed E-state index contributed by atoms with van der Waals surface area (Å²) < 4.78 is 32.6. The van der Waals surface area contributed by atoms with Crippen LogP contribution >= 0.6 is 0 Å². The molecule has 1 saturated heterocycles. The molecule has 33 heavy (non-hydrogen) atoms. The fourth-order valence-corrected chi connectivity index (χ4v) is 4.53. The quantitative estimate of drug-likeness (QED) is 0.431. The number of benzene rings is 1. The minimum atomic E-state index is -3.11. The predicted molar refractivity (Wildman–Crippen MR) is 128 cm³/mol. The van der Waals surface area contributed by atoms with Crippen LogP contribution in [-0.4, -0.2) is 71.0 Å². The lowest BCUT2D eigenvalue weighted by molar-refractivity contribution is 0.123. The molecule has 0 amide bonds. The van der Waals surface area contributed by atoms with Crippen molar-refractivity contribution in [3.63, 3.8) is 0 Å². The zero-order valence-electron chi connectivity index (χ0n) is 18.7. The summed E-state index contributed by atoms with van der Waals surface area (Å²) in [6.07, 6.45) is 4.80. The van der Waals surface area contributed by atoms with Crippen molar-refractivity contribution in [1.29, 1.82) is 0 Å². The van der Waals surface area contributed by atoms with E-state index in [1.165, 1.54) is 11.8 Å².